The summed E-state index contributed by atoms with van der Waals surface area (Å²) in [6.45, 7) is 7.02. The number of aromatic nitrogens is 5. The molecule has 0 saturated heterocycles. The standard InChI is InChI=1S/C19H24N6OS/c1-5-25-18(16-10-11-24(4)23-16)21-22-19(25)27-12-17(26)20-15-8-6-14(7-9-15)13(2)3/h6-11,13H,5,12H2,1-4H3,(H,20,26). The van der Waals surface area contributed by atoms with Crippen LogP contribution in [0.2, 0.25) is 0 Å². The smallest absolute Gasteiger partial charge is 0.234 e. The molecule has 3 rings (SSSR count). The van der Waals surface area contributed by atoms with E-state index in [2.05, 4.69) is 34.5 Å². The summed E-state index contributed by atoms with van der Waals surface area (Å²) < 4.78 is 3.70. The van der Waals surface area contributed by atoms with E-state index in [4.69, 9.17) is 0 Å². The molecule has 2 heterocycles. The van der Waals surface area contributed by atoms with Gasteiger partial charge in [0, 0.05) is 25.5 Å². The van der Waals surface area contributed by atoms with Crippen LogP contribution < -0.4 is 5.32 Å². The normalized spacial score (nSPS) is 11.1. The number of hydrogen-bond acceptors (Lipinski definition) is 5. The monoisotopic (exact) mass is 384 g/mol. The average molecular weight is 385 g/mol. The van der Waals surface area contributed by atoms with Crippen LogP contribution in [0.3, 0.4) is 0 Å². The van der Waals surface area contributed by atoms with Gasteiger partial charge in [-0.2, -0.15) is 5.10 Å². The fourth-order valence-electron chi connectivity index (χ4n) is 2.68. The molecule has 0 fully saturated rings. The Labute approximate surface area is 163 Å². The number of aryl methyl sites for hydroxylation is 1. The maximum absolute atomic E-state index is 12.3. The number of rotatable bonds is 7. The fraction of sp³-hybridized carbons (Fsp3) is 0.368. The van der Waals surface area contributed by atoms with Gasteiger partial charge >= 0.3 is 0 Å². The van der Waals surface area contributed by atoms with Crippen molar-refractivity contribution in [1.29, 1.82) is 0 Å². The first kappa shape index (κ1) is 19.2. The Balaban J connectivity index is 1.62. The third kappa shape index (κ3) is 4.57. The number of carbonyl (C=O) groups is 1. The second-order valence-electron chi connectivity index (χ2n) is 6.54. The minimum atomic E-state index is -0.0673. The van der Waals surface area contributed by atoms with Crippen LogP contribution in [0.1, 0.15) is 32.3 Å². The molecule has 1 amide bonds. The van der Waals surface area contributed by atoms with E-state index in [1.165, 1.54) is 17.3 Å². The van der Waals surface area contributed by atoms with Crippen LogP contribution in [0.25, 0.3) is 11.5 Å². The van der Waals surface area contributed by atoms with E-state index >= 15 is 0 Å². The highest BCUT2D eigenvalue weighted by Crippen LogP contribution is 2.23. The Kier molecular flexibility index (Phi) is 5.95. The van der Waals surface area contributed by atoms with Gasteiger partial charge in [-0.15, -0.1) is 10.2 Å². The Morgan fingerprint density at radius 2 is 1.93 bits per heavy atom. The zero-order valence-electron chi connectivity index (χ0n) is 16.0. The maximum Gasteiger partial charge on any atom is 0.234 e. The van der Waals surface area contributed by atoms with Crippen LogP contribution in [0.5, 0.6) is 0 Å². The Hall–Kier alpha value is -2.61. The van der Waals surface area contributed by atoms with E-state index in [1.807, 2.05) is 55.1 Å². The van der Waals surface area contributed by atoms with E-state index in [1.54, 1.807) is 4.68 Å². The molecule has 1 aromatic carbocycles. The molecule has 27 heavy (non-hydrogen) atoms. The molecule has 0 aliphatic carbocycles. The highest BCUT2D eigenvalue weighted by Gasteiger charge is 2.16. The predicted molar refractivity (Wildman–Crippen MR) is 108 cm³/mol. The van der Waals surface area contributed by atoms with E-state index in [9.17, 15) is 4.79 Å². The fourth-order valence-corrected chi connectivity index (χ4v) is 3.49. The number of nitrogens with one attached hydrogen (secondary N) is 1. The summed E-state index contributed by atoms with van der Waals surface area (Å²) in [4.78, 5) is 12.3. The first-order chi connectivity index (χ1) is 13.0. The topological polar surface area (TPSA) is 77.6 Å². The lowest BCUT2D eigenvalue weighted by Crippen LogP contribution is -2.14. The molecule has 0 radical (unpaired) electrons. The molecule has 0 aliphatic heterocycles. The third-order valence-corrected chi connectivity index (χ3v) is 5.14. The summed E-state index contributed by atoms with van der Waals surface area (Å²) >= 11 is 1.37. The lowest BCUT2D eigenvalue weighted by molar-refractivity contribution is -0.113. The molecule has 1 N–H and O–H groups in total. The van der Waals surface area contributed by atoms with Crippen molar-refractivity contribution in [2.75, 3.05) is 11.1 Å². The van der Waals surface area contributed by atoms with Gasteiger partial charge in [0.15, 0.2) is 11.0 Å². The highest BCUT2D eigenvalue weighted by molar-refractivity contribution is 7.99. The van der Waals surface area contributed by atoms with Crippen LogP contribution in [0.15, 0.2) is 41.7 Å². The first-order valence-corrected chi connectivity index (χ1v) is 9.92. The Morgan fingerprint density at radius 1 is 1.19 bits per heavy atom. The molecular weight excluding hydrogens is 360 g/mol. The van der Waals surface area contributed by atoms with Gasteiger partial charge in [0.05, 0.1) is 5.75 Å². The van der Waals surface area contributed by atoms with Gasteiger partial charge < -0.3 is 9.88 Å². The zero-order valence-corrected chi connectivity index (χ0v) is 16.8. The molecule has 2 aromatic heterocycles. The van der Waals surface area contributed by atoms with E-state index in [0.29, 0.717) is 23.4 Å². The summed E-state index contributed by atoms with van der Waals surface area (Å²) in [6, 6.07) is 9.86. The van der Waals surface area contributed by atoms with Gasteiger partial charge in [0.2, 0.25) is 5.91 Å². The van der Waals surface area contributed by atoms with Crippen molar-refractivity contribution < 1.29 is 4.79 Å². The lowest BCUT2D eigenvalue weighted by atomic mass is 10.0. The van der Waals surface area contributed by atoms with E-state index in [-0.39, 0.29) is 11.7 Å². The van der Waals surface area contributed by atoms with Crippen molar-refractivity contribution in [3.63, 3.8) is 0 Å². The van der Waals surface area contributed by atoms with Crippen molar-refractivity contribution >= 4 is 23.4 Å². The molecule has 0 spiro atoms. The highest BCUT2D eigenvalue weighted by atomic mass is 32.2. The number of amides is 1. The van der Waals surface area contributed by atoms with Crippen LogP contribution in [-0.4, -0.2) is 36.2 Å². The number of benzene rings is 1. The van der Waals surface area contributed by atoms with E-state index < -0.39 is 0 Å². The molecule has 0 saturated carbocycles. The molecule has 142 valence electrons. The van der Waals surface area contributed by atoms with Gasteiger partial charge in [0.1, 0.15) is 5.69 Å². The van der Waals surface area contributed by atoms with Gasteiger partial charge in [0.25, 0.3) is 0 Å². The minimum Gasteiger partial charge on any atom is -0.325 e. The molecule has 0 aliphatic rings. The van der Waals surface area contributed by atoms with Crippen molar-refractivity contribution in [3.8, 4) is 11.5 Å². The van der Waals surface area contributed by atoms with Crippen LogP contribution in [-0.2, 0) is 18.4 Å². The summed E-state index contributed by atoms with van der Waals surface area (Å²) in [5, 5.41) is 16.5. The largest absolute Gasteiger partial charge is 0.325 e. The number of thioether (sulfide) groups is 1. The van der Waals surface area contributed by atoms with Crippen LogP contribution >= 0.6 is 11.8 Å². The van der Waals surface area contributed by atoms with Gasteiger partial charge in [-0.25, -0.2) is 0 Å². The van der Waals surface area contributed by atoms with Crippen molar-refractivity contribution in [1.82, 2.24) is 24.5 Å². The maximum atomic E-state index is 12.3. The zero-order chi connectivity index (χ0) is 19.4. The summed E-state index contributed by atoms with van der Waals surface area (Å²) in [5.74, 6) is 1.39. The molecule has 8 heteroatoms. The molecule has 0 bridgehead atoms. The van der Waals surface area contributed by atoms with Gasteiger partial charge in [-0.05, 0) is 36.6 Å². The minimum absolute atomic E-state index is 0.0673. The summed E-state index contributed by atoms with van der Waals surface area (Å²) in [7, 11) is 1.86. The third-order valence-electron chi connectivity index (χ3n) is 4.17. The average Bonchev–Trinajstić information content (AvgIpc) is 3.25. The molecular formula is C19H24N6OS. The second kappa shape index (κ2) is 8.39. The van der Waals surface area contributed by atoms with Crippen molar-refractivity contribution in [2.24, 2.45) is 7.05 Å². The number of anilines is 1. The molecule has 0 unspecified atom stereocenters. The second-order valence-corrected chi connectivity index (χ2v) is 7.48. The SMILES string of the molecule is CCn1c(SCC(=O)Nc2ccc(C(C)C)cc2)nnc1-c1ccn(C)n1. The molecule has 0 atom stereocenters. The van der Waals surface area contributed by atoms with Crippen LogP contribution in [0, 0.1) is 0 Å². The quantitative estimate of drug-likeness (QED) is 0.630. The Bertz CT molecular complexity index is 913. The lowest BCUT2D eigenvalue weighted by Gasteiger charge is -2.09. The van der Waals surface area contributed by atoms with Gasteiger partial charge in [-0.1, -0.05) is 37.7 Å². The van der Waals surface area contributed by atoms with Crippen molar-refractivity contribution in [3.05, 3.63) is 42.1 Å². The predicted octanol–water partition coefficient (Wildman–Crippen LogP) is 3.55. The Morgan fingerprint density at radius 3 is 2.52 bits per heavy atom. The summed E-state index contributed by atoms with van der Waals surface area (Å²) in [5.41, 5.74) is 2.82. The van der Waals surface area contributed by atoms with Crippen LogP contribution in [0.4, 0.5) is 5.69 Å². The number of carbonyl (C=O) groups excluding carboxylic acids is 1. The molecule has 3 aromatic rings. The van der Waals surface area contributed by atoms with Gasteiger partial charge in [-0.3, -0.25) is 9.48 Å². The van der Waals surface area contributed by atoms with Crippen molar-refractivity contribution in [2.45, 2.75) is 38.4 Å². The summed E-state index contributed by atoms with van der Waals surface area (Å²) in [6.07, 6.45) is 1.87. The first-order valence-electron chi connectivity index (χ1n) is 8.93. The molecule has 7 nitrogen and oxygen atoms in total. The van der Waals surface area contributed by atoms with E-state index in [0.717, 1.165) is 11.4 Å². The number of nitrogens with zero attached hydrogens (tertiary/aromatic N) is 5. The number of hydrogen-bond donors (Lipinski definition) is 1.